The van der Waals surface area contributed by atoms with Crippen LogP contribution in [0.15, 0.2) is 85.1 Å². The second-order valence-corrected chi connectivity index (χ2v) is 10.9. The van der Waals surface area contributed by atoms with Crippen molar-refractivity contribution >= 4 is 11.9 Å². The van der Waals surface area contributed by atoms with Crippen molar-refractivity contribution in [2.45, 2.75) is 136 Å². The van der Waals surface area contributed by atoms with E-state index in [1.54, 1.807) is 0 Å². The molecule has 5 nitrogen and oxygen atoms in total. The summed E-state index contributed by atoms with van der Waals surface area (Å²) >= 11 is 0. The normalized spacial score (nSPS) is 13.2. The Morgan fingerprint density at radius 1 is 0.545 bits per heavy atom. The van der Waals surface area contributed by atoms with E-state index in [0.29, 0.717) is 12.8 Å². The van der Waals surface area contributed by atoms with E-state index < -0.39 is 6.10 Å². The lowest BCUT2D eigenvalue weighted by Crippen LogP contribution is -2.28. The summed E-state index contributed by atoms with van der Waals surface area (Å²) in [6.45, 7) is 3.89. The molecule has 0 radical (unpaired) electrons. The predicted octanol–water partition coefficient (Wildman–Crippen LogP) is 10.4. The van der Waals surface area contributed by atoms with Crippen molar-refractivity contribution in [3.63, 3.8) is 0 Å². The van der Waals surface area contributed by atoms with E-state index in [2.05, 4.69) is 98.9 Å². The van der Waals surface area contributed by atoms with E-state index >= 15 is 0 Å². The standard InChI is InChI=1S/C39H62O5/c1-3-5-7-9-11-12-13-14-15-16-17-18-19-20-21-22-23-24-25-26-28-30-32-34-39(42)44-37(35-40)36-43-38(41)33-31-29-27-10-8-6-4-2/h5,7,11-12,14-15,17-18,20-21,23-24,26,28,37,40H,3-4,6,8-10,13,16,19,22,25,27,29-36H2,1-2H3/b7-5-,12-11-,15-14-,18-17-,21-20-,24-23-,28-26-. The molecule has 0 aromatic rings. The smallest absolute Gasteiger partial charge is 0.306 e. The number of aliphatic hydroxyl groups is 1. The van der Waals surface area contributed by atoms with Gasteiger partial charge in [0.05, 0.1) is 6.61 Å². The fraction of sp³-hybridized carbons (Fsp3) is 0.590. The van der Waals surface area contributed by atoms with Gasteiger partial charge in [-0.25, -0.2) is 0 Å². The van der Waals surface area contributed by atoms with Crippen molar-refractivity contribution in [2.24, 2.45) is 0 Å². The molecule has 248 valence electrons. The lowest BCUT2D eigenvalue weighted by molar-refractivity contribution is -0.161. The minimum absolute atomic E-state index is 0.0938. The Labute approximate surface area is 269 Å². The van der Waals surface area contributed by atoms with Crippen molar-refractivity contribution in [3.8, 4) is 0 Å². The van der Waals surface area contributed by atoms with Crippen LogP contribution in [0, 0.1) is 0 Å². The molecular formula is C39H62O5. The van der Waals surface area contributed by atoms with Crippen LogP contribution >= 0.6 is 0 Å². The summed E-state index contributed by atoms with van der Waals surface area (Å²) in [4.78, 5) is 24.0. The summed E-state index contributed by atoms with van der Waals surface area (Å²) in [6.07, 6.45) is 46.6. The molecule has 0 spiro atoms. The highest BCUT2D eigenvalue weighted by Crippen LogP contribution is 2.09. The van der Waals surface area contributed by atoms with Gasteiger partial charge in [0, 0.05) is 12.8 Å². The van der Waals surface area contributed by atoms with Crippen LogP contribution in [0.4, 0.5) is 0 Å². The second-order valence-electron chi connectivity index (χ2n) is 10.9. The first kappa shape index (κ1) is 41.1. The summed E-state index contributed by atoms with van der Waals surface area (Å²) in [7, 11) is 0. The maximum atomic E-state index is 12.1. The Balaban J connectivity index is 3.76. The van der Waals surface area contributed by atoms with Crippen LogP contribution in [-0.4, -0.2) is 36.4 Å². The molecule has 0 fully saturated rings. The molecule has 0 aliphatic carbocycles. The molecule has 0 bridgehead atoms. The van der Waals surface area contributed by atoms with Crippen molar-refractivity contribution in [3.05, 3.63) is 85.1 Å². The van der Waals surface area contributed by atoms with E-state index in [-0.39, 0.29) is 31.6 Å². The SMILES string of the molecule is CC/C=C\C/C=C\C/C=C\C/C=C\C/C=C\C/C=C\C/C=C\CCCC(=O)OC(CO)COC(=O)CCCCCCCCC. The molecule has 0 heterocycles. The van der Waals surface area contributed by atoms with Gasteiger partial charge in [0.15, 0.2) is 6.10 Å². The molecule has 0 rings (SSSR count). The van der Waals surface area contributed by atoms with Crippen LogP contribution < -0.4 is 0 Å². The van der Waals surface area contributed by atoms with Crippen molar-refractivity contribution in [2.75, 3.05) is 13.2 Å². The van der Waals surface area contributed by atoms with Crippen molar-refractivity contribution in [1.82, 2.24) is 0 Å². The number of ether oxygens (including phenoxy) is 2. The van der Waals surface area contributed by atoms with Gasteiger partial charge in [-0.05, 0) is 64.2 Å². The van der Waals surface area contributed by atoms with Crippen molar-refractivity contribution in [1.29, 1.82) is 0 Å². The van der Waals surface area contributed by atoms with Gasteiger partial charge in [0.1, 0.15) is 6.61 Å². The van der Waals surface area contributed by atoms with E-state index in [9.17, 15) is 14.7 Å². The molecule has 0 aliphatic heterocycles. The van der Waals surface area contributed by atoms with E-state index in [1.807, 2.05) is 0 Å². The molecule has 5 heteroatoms. The van der Waals surface area contributed by atoms with Gasteiger partial charge in [-0.2, -0.15) is 0 Å². The topological polar surface area (TPSA) is 72.8 Å². The summed E-state index contributed by atoms with van der Waals surface area (Å²) in [5, 5.41) is 9.46. The third-order valence-electron chi connectivity index (χ3n) is 6.70. The molecule has 0 aliphatic rings. The predicted molar refractivity (Wildman–Crippen MR) is 186 cm³/mol. The Kier molecular flexibility index (Phi) is 32.3. The van der Waals surface area contributed by atoms with Gasteiger partial charge in [0.25, 0.3) is 0 Å². The Hall–Kier alpha value is -2.92. The van der Waals surface area contributed by atoms with E-state index in [4.69, 9.17) is 9.47 Å². The lowest BCUT2D eigenvalue weighted by atomic mass is 10.1. The number of carbonyl (C=O) groups excluding carboxylic acids is 2. The number of esters is 2. The quantitative estimate of drug-likeness (QED) is 0.0518. The minimum Gasteiger partial charge on any atom is -0.462 e. The number of unbranched alkanes of at least 4 members (excludes halogenated alkanes) is 7. The van der Waals surface area contributed by atoms with Crippen LogP contribution in [0.25, 0.3) is 0 Å². The number of rotatable bonds is 29. The Morgan fingerprint density at radius 3 is 1.45 bits per heavy atom. The summed E-state index contributed by atoms with van der Waals surface area (Å²) in [6, 6.07) is 0. The summed E-state index contributed by atoms with van der Waals surface area (Å²) < 4.78 is 10.5. The maximum absolute atomic E-state index is 12.1. The van der Waals surface area contributed by atoms with Crippen LogP contribution in [0.1, 0.15) is 129 Å². The molecular weight excluding hydrogens is 548 g/mol. The third kappa shape index (κ3) is 32.0. The highest BCUT2D eigenvalue weighted by molar-refractivity contribution is 5.70. The highest BCUT2D eigenvalue weighted by Gasteiger charge is 2.15. The van der Waals surface area contributed by atoms with Crippen LogP contribution in [0.3, 0.4) is 0 Å². The first-order valence-corrected chi connectivity index (χ1v) is 17.1. The molecule has 0 aromatic carbocycles. The Morgan fingerprint density at radius 2 is 0.977 bits per heavy atom. The number of hydrogen-bond acceptors (Lipinski definition) is 5. The zero-order valence-corrected chi connectivity index (χ0v) is 27.9. The van der Waals surface area contributed by atoms with Gasteiger partial charge >= 0.3 is 11.9 Å². The number of hydrogen-bond donors (Lipinski definition) is 1. The molecule has 1 N–H and O–H groups in total. The minimum atomic E-state index is -0.802. The molecule has 44 heavy (non-hydrogen) atoms. The summed E-state index contributed by atoms with van der Waals surface area (Å²) in [5.74, 6) is -0.678. The number of carbonyl (C=O) groups is 2. The van der Waals surface area contributed by atoms with Gasteiger partial charge in [-0.1, -0.05) is 137 Å². The summed E-state index contributed by atoms with van der Waals surface area (Å²) in [5.41, 5.74) is 0. The third-order valence-corrected chi connectivity index (χ3v) is 6.70. The van der Waals surface area contributed by atoms with Gasteiger partial charge in [-0.3, -0.25) is 9.59 Å². The first-order chi connectivity index (χ1) is 21.6. The average Bonchev–Trinajstić information content (AvgIpc) is 3.02. The molecule has 1 unspecified atom stereocenters. The van der Waals surface area contributed by atoms with Crippen LogP contribution in [0.2, 0.25) is 0 Å². The number of aliphatic hydroxyl groups excluding tert-OH is 1. The molecule has 1 atom stereocenters. The van der Waals surface area contributed by atoms with Gasteiger partial charge in [0.2, 0.25) is 0 Å². The highest BCUT2D eigenvalue weighted by atomic mass is 16.6. The fourth-order valence-corrected chi connectivity index (χ4v) is 4.13. The van der Waals surface area contributed by atoms with Gasteiger partial charge < -0.3 is 14.6 Å². The number of allylic oxidation sites excluding steroid dienone is 14. The second kappa shape index (κ2) is 34.6. The zero-order valence-electron chi connectivity index (χ0n) is 27.9. The van der Waals surface area contributed by atoms with Crippen molar-refractivity contribution < 1.29 is 24.2 Å². The zero-order chi connectivity index (χ0) is 32.2. The van der Waals surface area contributed by atoms with E-state index in [1.165, 1.54) is 25.7 Å². The average molecular weight is 611 g/mol. The molecule has 0 aromatic heterocycles. The maximum Gasteiger partial charge on any atom is 0.306 e. The lowest BCUT2D eigenvalue weighted by Gasteiger charge is -2.15. The molecule has 0 saturated heterocycles. The first-order valence-electron chi connectivity index (χ1n) is 17.1. The largest absolute Gasteiger partial charge is 0.462 e. The van der Waals surface area contributed by atoms with Gasteiger partial charge in [-0.15, -0.1) is 0 Å². The monoisotopic (exact) mass is 610 g/mol. The van der Waals surface area contributed by atoms with Crippen LogP contribution in [0.5, 0.6) is 0 Å². The molecule has 0 saturated carbocycles. The molecule has 0 amide bonds. The Bertz CT molecular complexity index is 875. The fourth-order valence-electron chi connectivity index (χ4n) is 4.13. The van der Waals surface area contributed by atoms with E-state index in [0.717, 1.165) is 70.6 Å². The van der Waals surface area contributed by atoms with Crippen LogP contribution in [-0.2, 0) is 19.1 Å².